The van der Waals surface area contributed by atoms with E-state index >= 15 is 0 Å². The molecule has 0 radical (unpaired) electrons. The van der Waals surface area contributed by atoms with Gasteiger partial charge in [-0.2, -0.15) is 0 Å². The molecule has 2 amide bonds. The van der Waals surface area contributed by atoms with Gasteiger partial charge in [-0.1, -0.05) is 12.1 Å². The SMILES string of the molecule is CC(CCc1ccc(O)cc1)NC(=O)NC1CCC(CO)CC1. The third-order valence-corrected chi connectivity index (χ3v) is 4.62. The standard InChI is InChI=1S/C18H28N2O3/c1-13(2-3-14-6-10-17(22)11-7-14)19-18(23)20-16-8-4-15(12-21)5-9-16/h6-7,10-11,13,15-16,21-22H,2-5,8-9,12H2,1H3,(H2,19,20,23). The Morgan fingerprint density at radius 3 is 2.48 bits per heavy atom. The number of aliphatic hydroxyl groups excluding tert-OH is 1. The number of hydrogen-bond donors (Lipinski definition) is 4. The van der Waals surface area contributed by atoms with Crippen LogP contribution < -0.4 is 10.6 Å². The molecule has 1 aromatic rings. The van der Waals surface area contributed by atoms with Crippen molar-refractivity contribution < 1.29 is 15.0 Å². The summed E-state index contributed by atoms with van der Waals surface area (Å²) in [5.74, 6) is 0.676. The van der Waals surface area contributed by atoms with Crippen molar-refractivity contribution in [2.45, 2.75) is 57.5 Å². The lowest BCUT2D eigenvalue weighted by Gasteiger charge is -2.28. The predicted octanol–water partition coefficient (Wildman–Crippen LogP) is 2.56. The summed E-state index contributed by atoms with van der Waals surface area (Å²) < 4.78 is 0. The highest BCUT2D eigenvalue weighted by Gasteiger charge is 2.22. The number of aromatic hydroxyl groups is 1. The van der Waals surface area contributed by atoms with Crippen LogP contribution >= 0.6 is 0 Å². The molecule has 1 aliphatic rings. The number of carbonyl (C=O) groups is 1. The first-order valence-corrected chi connectivity index (χ1v) is 8.52. The van der Waals surface area contributed by atoms with Gasteiger partial charge in [-0.3, -0.25) is 0 Å². The molecule has 128 valence electrons. The Hall–Kier alpha value is -1.75. The van der Waals surface area contributed by atoms with Crippen LogP contribution in [0.15, 0.2) is 24.3 Å². The van der Waals surface area contributed by atoms with Crippen LogP contribution in [0.25, 0.3) is 0 Å². The lowest BCUT2D eigenvalue weighted by Crippen LogP contribution is -2.46. The Labute approximate surface area is 138 Å². The predicted molar refractivity (Wildman–Crippen MR) is 90.4 cm³/mol. The van der Waals surface area contributed by atoms with E-state index in [1.807, 2.05) is 19.1 Å². The molecule has 1 atom stereocenters. The number of benzene rings is 1. The van der Waals surface area contributed by atoms with E-state index in [0.717, 1.165) is 44.1 Å². The fraction of sp³-hybridized carbons (Fsp3) is 0.611. The number of phenols is 1. The van der Waals surface area contributed by atoms with Crippen molar-refractivity contribution in [1.29, 1.82) is 0 Å². The van der Waals surface area contributed by atoms with E-state index in [1.165, 1.54) is 0 Å². The van der Waals surface area contributed by atoms with Gasteiger partial charge < -0.3 is 20.8 Å². The Morgan fingerprint density at radius 1 is 1.22 bits per heavy atom. The number of amides is 2. The van der Waals surface area contributed by atoms with Crippen LogP contribution in [0.2, 0.25) is 0 Å². The van der Waals surface area contributed by atoms with Gasteiger partial charge >= 0.3 is 6.03 Å². The smallest absolute Gasteiger partial charge is 0.315 e. The second kappa shape index (κ2) is 8.77. The maximum Gasteiger partial charge on any atom is 0.315 e. The minimum absolute atomic E-state index is 0.0950. The number of rotatable bonds is 6. The van der Waals surface area contributed by atoms with E-state index in [-0.39, 0.29) is 30.5 Å². The fourth-order valence-corrected chi connectivity index (χ4v) is 3.06. The molecule has 0 saturated heterocycles. The van der Waals surface area contributed by atoms with Gasteiger partial charge in [0.1, 0.15) is 5.75 Å². The van der Waals surface area contributed by atoms with Crippen LogP contribution in [0.4, 0.5) is 4.79 Å². The highest BCUT2D eigenvalue weighted by molar-refractivity contribution is 5.74. The quantitative estimate of drug-likeness (QED) is 0.650. The molecule has 5 heteroatoms. The third kappa shape index (κ3) is 6.10. The molecule has 2 rings (SSSR count). The third-order valence-electron chi connectivity index (χ3n) is 4.62. The molecule has 1 aliphatic carbocycles. The summed E-state index contributed by atoms with van der Waals surface area (Å²) in [6.07, 6.45) is 5.58. The number of phenolic OH excluding ortho intramolecular Hbond substituents is 1. The van der Waals surface area contributed by atoms with Crippen LogP contribution in [0, 0.1) is 5.92 Å². The number of aryl methyl sites for hydroxylation is 1. The molecule has 0 spiro atoms. The Kier molecular flexibility index (Phi) is 6.71. The highest BCUT2D eigenvalue weighted by Crippen LogP contribution is 2.23. The number of aliphatic hydroxyl groups is 1. The van der Waals surface area contributed by atoms with E-state index in [9.17, 15) is 9.90 Å². The summed E-state index contributed by atoms with van der Waals surface area (Å²) in [5.41, 5.74) is 1.15. The van der Waals surface area contributed by atoms with Crippen LogP contribution in [0.5, 0.6) is 5.75 Å². The minimum atomic E-state index is -0.101. The van der Waals surface area contributed by atoms with Crippen molar-refractivity contribution in [3.05, 3.63) is 29.8 Å². The van der Waals surface area contributed by atoms with Gasteiger partial charge in [-0.05, 0) is 69.1 Å². The Balaban J connectivity index is 1.65. The Morgan fingerprint density at radius 2 is 1.87 bits per heavy atom. The molecule has 1 aromatic carbocycles. The molecule has 23 heavy (non-hydrogen) atoms. The first-order valence-electron chi connectivity index (χ1n) is 8.52. The largest absolute Gasteiger partial charge is 0.508 e. The zero-order valence-corrected chi connectivity index (χ0v) is 13.8. The van der Waals surface area contributed by atoms with Gasteiger partial charge in [-0.15, -0.1) is 0 Å². The van der Waals surface area contributed by atoms with Gasteiger partial charge in [0.05, 0.1) is 0 Å². The molecule has 1 unspecified atom stereocenters. The average Bonchev–Trinajstić information content (AvgIpc) is 2.55. The molecule has 0 bridgehead atoms. The van der Waals surface area contributed by atoms with Gasteiger partial charge in [0, 0.05) is 18.7 Å². The van der Waals surface area contributed by atoms with Crippen LogP contribution in [-0.2, 0) is 6.42 Å². The van der Waals surface area contributed by atoms with Crippen molar-refractivity contribution in [3.8, 4) is 5.75 Å². The second-order valence-corrected chi connectivity index (χ2v) is 6.62. The summed E-state index contributed by atoms with van der Waals surface area (Å²) >= 11 is 0. The molecule has 5 nitrogen and oxygen atoms in total. The molecule has 0 aromatic heterocycles. The highest BCUT2D eigenvalue weighted by atomic mass is 16.3. The monoisotopic (exact) mass is 320 g/mol. The topological polar surface area (TPSA) is 81.6 Å². The number of nitrogens with one attached hydrogen (secondary N) is 2. The van der Waals surface area contributed by atoms with E-state index < -0.39 is 0 Å². The molecular weight excluding hydrogens is 292 g/mol. The molecule has 0 aliphatic heterocycles. The van der Waals surface area contributed by atoms with Gasteiger partial charge in [0.15, 0.2) is 0 Å². The lowest BCUT2D eigenvalue weighted by atomic mass is 9.87. The van der Waals surface area contributed by atoms with Gasteiger partial charge in [0.25, 0.3) is 0 Å². The lowest BCUT2D eigenvalue weighted by molar-refractivity contribution is 0.174. The van der Waals surface area contributed by atoms with E-state index in [1.54, 1.807) is 12.1 Å². The van der Waals surface area contributed by atoms with Crippen LogP contribution in [0.3, 0.4) is 0 Å². The number of hydrogen-bond acceptors (Lipinski definition) is 3. The molecular formula is C18H28N2O3. The zero-order chi connectivity index (χ0) is 16.7. The maximum absolute atomic E-state index is 12.0. The van der Waals surface area contributed by atoms with Crippen molar-refractivity contribution in [1.82, 2.24) is 10.6 Å². The van der Waals surface area contributed by atoms with E-state index in [0.29, 0.717) is 5.92 Å². The summed E-state index contributed by atoms with van der Waals surface area (Å²) in [6.45, 7) is 2.26. The summed E-state index contributed by atoms with van der Waals surface area (Å²) in [6, 6.07) is 7.39. The van der Waals surface area contributed by atoms with Crippen LogP contribution in [-0.4, -0.2) is 34.9 Å². The average molecular weight is 320 g/mol. The van der Waals surface area contributed by atoms with Crippen molar-refractivity contribution >= 4 is 6.03 Å². The normalized spacial score (nSPS) is 22.3. The first kappa shape index (κ1) is 17.6. The van der Waals surface area contributed by atoms with Crippen LogP contribution in [0.1, 0.15) is 44.6 Å². The number of urea groups is 1. The van der Waals surface area contributed by atoms with E-state index in [2.05, 4.69) is 10.6 Å². The first-order chi connectivity index (χ1) is 11.1. The van der Waals surface area contributed by atoms with Crippen molar-refractivity contribution in [2.24, 2.45) is 5.92 Å². The molecule has 0 heterocycles. The Bertz CT molecular complexity index is 482. The fourth-order valence-electron chi connectivity index (χ4n) is 3.06. The summed E-state index contributed by atoms with van der Waals surface area (Å²) in [7, 11) is 0. The molecule has 4 N–H and O–H groups in total. The second-order valence-electron chi connectivity index (χ2n) is 6.62. The molecule has 1 fully saturated rings. The summed E-state index contributed by atoms with van der Waals surface area (Å²) in [5, 5.41) is 24.4. The van der Waals surface area contributed by atoms with Crippen molar-refractivity contribution in [3.63, 3.8) is 0 Å². The minimum Gasteiger partial charge on any atom is -0.508 e. The maximum atomic E-state index is 12.0. The zero-order valence-electron chi connectivity index (χ0n) is 13.8. The summed E-state index contributed by atoms with van der Waals surface area (Å²) in [4.78, 5) is 12.0. The van der Waals surface area contributed by atoms with Gasteiger partial charge in [-0.25, -0.2) is 4.79 Å². The van der Waals surface area contributed by atoms with Crippen molar-refractivity contribution in [2.75, 3.05) is 6.61 Å². The van der Waals surface area contributed by atoms with E-state index in [4.69, 9.17) is 5.11 Å². The number of carbonyl (C=O) groups excluding carboxylic acids is 1. The van der Waals surface area contributed by atoms with Gasteiger partial charge in [0.2, 0.25) is 0 Å². The molecule has 1 saturated carbocycles.